The molecule has 1 aliphatic carbocycles. The van der Waals surface area contributed by atoms with Crippen molar-refractivity contribution in [2.45, 2.75) is 46.5 Å². The van der Waals surface area contributed by atoms with Gasteiger partial charge in [-0.3, -0.25) is 0 Å². The monoisotopic (exact) mass is 349 g/mol. The van der Waals surface area contributed by atoms with Gasteiger partial charge in [0.05, 0.1) is 11.4 Å². The molecule has 0 aromatic heterocycles. The first-order valence-electron chi connectivity index (χ1n) is 9.40. The van der Waals surface area contributed by atoms with E-state index in [4.69, 9.17) is 4.99 Å². The average molecular weight is 350 g/mol. The third-order valence-corrected chi connectivity index (χ3v) is 4.75. The quantitative estimate of drug-likeness (QED) is 0.662. The van der Waals surface area contributed by atoms with E-state index in [1.54, 1.807) is 0 Å². The third kappa shape index (κ3) is 4.98. The molecule has 0 spiro atoms. The van der Waals surface area contributed by atoms with Gasteiger partial charge in [0.15, 0.2) is 0 Å². The van der Waals surface area contributed by atoms with Crippen LogP contribution in [0.15, 0.2) is 71.2 Å². The SMILES string of the molecule is C=C1C=CC=C/C1=N/C(NC)=C(\C)Nc1cc(CC)cc(C(C)CC)c1. The van der Waals surface area contributed by atoms with E-state index >= 15 is 0 Å². The number of aryl methyl sites for hydroxylation is 1. The smallest absolute Gasteiger partial charge is 0.145 e. The molecule has 26 heavy (non-hydrogen) atoms. The molecule has 0 aliphatic heterocycles. The van der Waals surface area contributed by atoms with Crippen LogP contribution in [0, 0.1) is 0 Å². The summed E-state index contributed by atoms with van der Waals surface area (Å²) in [7, 11) is 1.89. The van der Waals surface area contributed by atoms with Crippen LogP contribution in [-0.4, -0.2) is 12.8 Å². The van der Waals surface area contributed by atoms with Gasteiger partial charge in [-0.05, 0) is 60.6 Å². The molecule has 1 aromatic carbocycles. The van der Waals surface area contributed by atoms with Crippen molar-refractivity contribution in [3.8, 4) is 0 Å². The van der Waals surface area contributed by atoms with Gasteiger partial charge in [0.1, 0.15) is 5.82 Å². The minimum Gasteiger partial charge on any atom is -0.372 e. The third-order valence-electron chi connectivity index (χ3n) is 4.75. The molecule has 1 aromatic rings. The van der Waals surface area contributed by atoms with Crippen molar-refractivity contribution in [3.63, 3.8) is 0 Å². The topological polar surface area (TPSA) is 36.4 Å². The molecular formula is C23H31N3. The molecule has 1 atom stereocenters. The zero-order valence-electron chi connectivity index (χ0n) is 16.7. The summed E-state index contributed by atoms with van der Waals surface area (Å²) >= 11 is 0. The van der Waals surface area contributed by atoms with Crippen LogP contribution in [0.25, 0.3) is 0 Å². The highest BCUT2D eigenvalue weighted by Gasteiger charge is 2.09. The summed E-state index contributed by atoms with van der Waals surface area (Å²) in [6.45, 7) is 12.8. The van der Waals surface area contributed by atoms with Gasteiger partial charge < -0.3 is 10.6 Å². The summed E-state index contributed by atoms with van der Waals surface area (Å²) in [6.07, 6.45) is 10.1. The summed E-state index contributed by atoms with van der Waals surface area (Å²) in [5, 5.41) is 6.73. The molecule has 0 amide bonds. The molecule has 0 fully saturated rings. The lowest BCUT2D eigenvalue weighted by molar-refractivity contribution is 0.732. The Bertz CT molecular complexity index is 779. The van der Waals surface area contributed by atoms with Crippen molar-refractivity contribution in [3.05, 3.63) is 77.3 Å². The minimum atomic E-state index is 0.554. The van der Waals surface area contributed by atoms with Crippen LogP contribution in [0.1, 0.15) is 51.2 Å². The van der Waals surface area contributed by atoms with Crippen LogP contribution < -0.4 is 10.6 Å². The van der Waals surface area contributed by atoms with Crippen LogP contribution in [0.3, 0.4) is 0 Å². The molecular weight excluding hydrogens is 318 g/mol. The van der Waals surface area contributed by atoms with Crippen molar-refractivity contribution in [1.29, 1.82) is 0 Å². The van der Waals surface area contributed by atoms with E-state index in [1.807, 2.05) is 38.3 Å². The Morgan fingerprint density at radius 3 is 2.50 bits per heavy atom. The number of nitrogens with zero attached hydrogens (tertiary/aromatic N) is 1. The fourth-order valence-electron chi connectivity index (χ4n) is 2.86. The van der Waals surface area contributed by atoms with Crippen LogP contribution in [-0.2, 0) is 6.42 Å². The summed E-state index contributed by atoms with van der Waals surface area (Å²) in [6, 6.07) is 6.79. The van der Waals surface area contributed by atoms with Crippen molar-refractivity contribution in [2.24, 2.45) is 4.99 Å². The number of allylic oxidation sites excluding steroid dienone is 6. The molecule has 0 heterocycles. The van der Waals surface area contributed by atoms with Crippen LogP contribution in [0.4, 0.5) is 5.69 Å². The maximum absolute atomic E-state index is 4.73. The van der Waals surface area contributed by atoms with Gasteiger partial charge in [0, 0.05) is 12.7 Å². The Morgan fingerprint density at radius 2 is 1.88 bits per heavy atom. The van der Waals surface area contributed by atoms with Gasteiger partial charge in [-0.25, -0.2) is 4.99 Å². The predicted octanol–water partition coefficient (Wildman–Crippen LogP) is 5.71. The summed E-state index contributed by atoms with van der Waals surface area (Å²) in [5.74, 6) is 1.37. The fourth-order valence-corrected chi connectivity index (χ4v) is 2.86. The first-order valence-corrected chi connectivity index (χ1v) is 9.40. The standard InChI is InChI=1S/C23H31N3/c1-7-16(3)20-13-19(8-2)14-21(15-20)25-18(5)23(24-6)26-22-12-10-9-11-17(22)4/h9-16,24-25H,4,7-8H2,1-3,5-6H3/b23-18+,26-22-. The van der Waals surface area contributed by atoms with Crippen molar-refractivity contribution in [1.82, 2.24) is 5.32 Å². The Labute approximate surface area is 158 Å². The van der Waals surface area contributed by atoms with Crippen LogP contribution in [0.5, 0.6) is 0 Å². The molecule has 2 rings (SSSR count). The van der Waals surface area contributed by atoms with E-state index in [0.29, 0.717) is 5.92 Å². The van der Waals surface area contributed by atoms with Crippen LogP contribution >= 0.6 is 0 Å². The molecule has 1 aliphatic rings. The van der Waals surface area contributed by atoms with Gasteiger partial charge in [0.25, 0.3) is 0 Å². The van der Waals surface area contributed by atoms with Crippen LogP contribution in [0.2, 0.25) is 0 Å². The van der Waals surface area contributed by atoms with E-state index in [0.717, 1.165) is 41.3 Å². The predicted molar refractivity (Wildman–Crippen MR) is 115 cm³/mol. The number of nitrogens with one attached hydrogen (secondary N) is 2. The first kappa shape index (κ1) is 19.8. The number of anilines is 1. The Kier molecular flexibility index (Phi) is 7.02. The molecule has 0 saturated carbocycles. The lowest BCUT2D eigenvalue weighted by atomic mass is 9.95. The second-order valence-corrected chi connectivity index (χ2v) is 6.72. The van der Waals surface area contributed by atoms with E-state index in [9.17, 15) is 0 Å². The number of aliphatic imine (C=N–C) groups is 1. The zero-order chi connectivity index (χ0) is 19.1. The molecule has 138 valence electrons. The lowest BCUT2D eigenvalue weighted by Crippen LogP contribution is -2.13. The molecule has 2 N–H and O–H groups in total. The maximum atomic E-state index is 4.73. The highest BCUT2D eigenvalue weighted by atomic mass is 15.1. The second-order valence-electron chi connectivity index (χ2n) is 6.72. The first-order chi connectivity index (χ1) is 12.5. The Balaban J connectivity index is 2.34. The number of rotatable bonds is 7. The average Bonchev–Trinajstić information content (AvgIpc) is 2.66. The number of hydrogen-bond acceptors (Lipinski definition) is 3. The summed E-state index contributed by atoms with van der Waals surface area (Å²) < 4.78 is 0. The summed E-state index contributed by atoms with van der Waals surface area (Å²) in [5.41, 5.74) is 6.63. The van der Waals surface area contributed by atoms with Crippen molar-refractivity contribution < 1.29 is 0 Å². The molecule has 0 saturated heterocycles. The second kappa shape index (κ2) is 9.23. The number of benzene rings is 1. The molecule has 0 radical (unpaired) electrons. The van der Waals surface area contributed by atoms with Gasteiger partial charge in [0.2, 0.25) is 0 Å². The Hall–Kier alpha value is -2.55. The fraction of sp³-hybridized carbons (Fsp3) is 0.348. The van der Waals surface area contributed by atoms with Crippen molar-refractivity contribution in [2.75, 3.05) is 12.4 Å². The molecule has 3 heteroatoms. The molecule has 3 nitrogen and oxygen atoms in total. The van der Waals surface area contributed by atoms with E-state index in [1.165, 1.54) is 11.1 Å². The Morgan fingerprint density at radius 1 is 1.15 bits per heavy atom. The van der Waals surface area contributed by atoms with E-state index in [-0.39, 0.29) is 0 Å². The minimum absolute atomic E-state index is 0.554. The summed E-state index contributed by atoms with van der Waals surface area (Å²) in [4.78, 5) is 4.73. The zero-order valence-corrected chi connectivity index (χ0v) is 16.7. The van der Waals surface area contributed by atoms with Gasteiger partial charge >= 0.3 is 0 Å². The number of hydrogen-bond donors (Lipinski definition) is 2. The highest BCUT2D eigenvalue weighted by molar-refractivity contribution is 6.11. The highest BCUT2D eigenvalue weighted by Crippen LogP contribution is 2.25. The molecule has 0 bridgehead atoms. The van der Waals surface area contributed by atoms with E-state index < -0.39 is 0 Å². The van der Waals surface area contributed by atoms with Gasteiger partial charge in [-0.2, -0.15) is 0 Å². The lowest BCUT2D eigenvalue weighted by Gasteiger charge is -2.16. The largest absolute Gasteiger partial charge is 0.372 e. The van der Waals surface area contributed by atoms with Gasteiger partial charge in [-0.15, -0.1) is 0 Å². The normalized spacial score (nSPS) is 17.3. The van der Waals surface area contributed by atoms with Crippen molar-refractivity contribution >= 4 is 11.4 Å². The van der Waals surface area contributed by atoms with Gasteiger partial charge in [-0.1, -0.05) is 51.6 Å². The maximum Gasteiger partial charge on any atom is 0.145 e. The van der Waals surface area contributed by atoms with E-state index in [2.05, 4.69) is 56.2 Å². The molecule has 1 unspecified atom stereocenters.